The van der Waals surface area contributed by atoms with Gasteiger partial charge in [0.15, 0.2) is 5.96 Å². The Hall–Kier alpha value is -1.55. The molecule has 1 fully saturated rings. The number of piperidine rings is 1. The summed E-state index contributed by atoms with van der Waals surface area (Å²) in [6.07, 6.45) is 3.87. The van der Waals surface area contributed by atoms with Gasteiger partial charge < -0.3 is 15.5 Å². The molecule has 1 aromatic rings. The first-order valence-corrected chi connectivity index (χ1v) is 8.90. The summed E-state index contributed by atoms with van der Waals surface area (Å²) in [5.41, 5.74) is 2.63. The summed E-state index contributed by atoms with van der Waals surface area (Å²) < 4.78 is 0. The number of aliphatic imine (C=N–C) groups is 1. The highest BCUT2D eigenvalue weighted by atomic mass is 15.2. The predicted molar refractivity (Wildman–Crippen MR) is 98.8 cm³/mol. The second kappa shape index (κ2) is 9.56. The molecule has 0 amide bonds. The molecule has 2 rings (SSSR count). The van der Waals surface area contributed by atoms with Crippen molar-refractivity contribution < 1.29 is 0 Å². The molecule has 1 aliphatic rings. The van der Waals surface area contributed by atoms with E-state index in [0.717, 1.165) is 25.0 Å². The second-order valence-corrected chi connectivity index (χ2v) is 6.66. The van der Waals surface area contributed by atoms with Crippen LogP contribution < -0.4 is 10.6 Å². The molecule has 0 spiro atoms. The summed E-state index contributed by atoms with van der Waals surface area (Å²) in [7, 11) is 1.83. The van der Waals surface area contributed by atoms with E-state index >= 15 is 0 Å². The molecule has 1 heterocycles. The molecule has 0 aliphatic carbocycles. The Labute approximate surface area is 141 Å². The molecule has 4 nitrogen and oxygen atoms in total. The van der Waals surface area contributed by atoms with Crippen LogP contribution in [0.4, 0.5) is 0 Å². The number of hydrogen-bond donors (Lipinski definition) is 2. The summed E-state index contributed by atoms with van der Waals surface area (Å²) in [5, 5.41) is 6.82. The number of benzene rings is 1. The summed E-state index contributed by atoms with van der Waals surface area (Å²) in [6, 6.07) is 8.46. The van der Waals surface area contributed by atoms with Crippen LogP contribution >= 0.6 is 0 Å². The Bertz CT molecular complexity index is 490. The van der Waals surface area contributed by atoms with Crippen LogP contribution in [0.1, 0.15) is 37.3 Å². The number of aryl methyl sites for hydroxylation is 1. The van der Waals surface area contributed by atoms with Crippen LogP contribution in [-0.2, 0) is 6.54 Å². The Kier molecular flexibility index (Phi) is 7.40. The first kappa shape index (κ1) is 17.8. The van der Waals surface area contributed by atoms with Crippen molar-refractivity contribution in [3.8, 4) is 0 Å². The van der Waals surface area contributed by atoms with E-state index in [9.17, 15) is 0 Å². The highest BCUT2D eigenvalue weighted by Crippen LogP contribution is 2.15. The van der Waals surface area contributed by atoms with Crippen molar-refractivity contribution in [1.29, 1.82) is 0 Å². The molecule has 23 heavy (non-hydrogen) atoms. The van der Waals surface area contributed by atoms with Crippen LogP contribution in [0.15, 0.2) is 29.3 Å². The molecule has 1 aliphatic heterocycles. The van der Waals surface area contributed by atoms with Crippen LogP contribution in [0.2, 0.25) is 0 Å². The zero-order chi connectivity index (χ0) is 16.5. The monoisotopic (exact) mass is 316 g/mol. The Morgan fingerprint density at radius 2 is 1.96 bits per heavy atom. The van der Waals surface area contributed by atoms with E-state index in [2.05, 4.69) is 58.6 Å². The highest BCUT2D eigenvalue weighted by molar-refractivity contribution is 5.79. The van der Waals surface area contributed by atoms with E-state index in [0.29, 0.717) is 0 Å². The van der Waals surface area contributed by atoms with Crippen molar-refractivity contribution in [2.45, 2.75) is 39.7 Å². The average Bonchev–Trinajstić information content (AvgIpc) is 2.57. The Morgan fingerprint density at radius 1 is 1.22 bits per heavy atom. The van der Waals surface area contributed by atoms with Gasteiger partial charge in [0, 0.05) is 20.1 Å². The average molecular weight is 316 g/mol. The largest absolute Gasteiger partial charge is 0.356 e. The van der Waals surface area contributed by atoms with Crippen LogP contribution in [0, 0.1) is 12.8 Å². The molecule has 0 bridgehead atoms. The molecule has 1 aromatic carbocycles. The van der Waals surface area contributed by atoms with Gasteiger partial charge >= 0.3 is 0 Å². The maximum Gasteiger partial charge on any atom is 0.191 e. The highest BCUT2D eigenvalue weighted by Gasteiger charge is 2.14. The van der Waals surface area contributed by atoms with Crippen LogP contribution in [0.3, 0.4) is 0 Å². The number of nitrogens with one attached hydrogen (secondary N) is 2. The number of nitrogens with zero attached hydrogens (tertiary/aromatic N) is 2. The van der Waals surface area contributed by atoms with Crippen molar-refractivity contribution in [2.75, 3.05) is 33.2 Å². The van der Waals surface area contributed by atoms with E-state index < -0.39 is 0 Å². The van der Waals surface area contributed by atoms with E-state index in [4.69, 9.17) is 0 Å². The van der Waals surface area contributed by atoms with Gasteiger partial charge in [-0.25, -0.2) is 0 Å². The van der Waals surface area contributed by atoms with E-state index in [-0.39, 0.29) is 0 Å². The SMILES string of the molecule is CN=C(NCCCN1CCC(C)CC1)NCc1ccccc1C. The quantitative estimate of drug-likeness (QED) is 0.482. The zero-order valence-corrected chi connectivity index (χ0v) is 14.9. The molecular weight excluding hydrogens is 284 g/mol. The van der Waals surface area contributed by atoms with Gasteiger partial charge in [0.05, 0.1) is 0 Å². The maximum atomic E-state index is 4.31. The molecule has 0 radical (unpaired) electrons. The smallest absolute Gasteiger partial charge is 0.191 e. The number of likely N-dealkylation sites (tertiary alicyclic amines) is 1. The summed E-state index contributed by atoms with van der Waals surface area (Å²) in [5.74, 6) is 1.80. The van der Waals surface area contributed by atoms with Gasteiger partial charge in [0.25, 0.3) is 0 Å². The lowest BCUT2D eigenvalue weighted by Gasteiger charge is -2.30. The topological polar surface area (TPSA) is 39.7 Å². The predicted octanol–water partition coefficient (Wildman–Crippen LogP) is 2.78. The fraction of sp³-hybridized carbons (Fsp3) is 0.632. The first-order chi connectivity index (χ1) is 11.2. The van der Waals surface area contributed by atoms with Gasteiger partial charge in [-0.1, -0.05) is 31.2 Å². The van der Waals surface area contributed by atoms with Gasteiger partial charge in [0.2, 0.25) is 0 Å². The van der Waals surface area contributed by atoms with Crippen LogP contribution in [0.25, 0.3) is 0 Å². The van der Waals surface area contributed by atoms with E-state index in [1.54, 1.807) is 0 Å². The number of rotatable bonds is 6. The van der Waals surface area contributed by atoms with Crippen LogP contribution in [-0.4, -0.2) is 44.1 Å². The summed E-state index contributed by atoms with van der Waals surface area (Å²) in [4.78, 5) is 6.90. The van der Waals surface area contributed by atoms with Gasteiger partial charge in [-0.3, -0.25) is 4.99 Å². The molecule has 0 atom stereocenters. The third-order valence-corrected chi connectivity index (χ3v) is 4.75. The number of hydrogen-bond acceptors (Lipinski definition) is 2. The van der Waals surface area contributed by atoms with Crippen LogP contribution in [0.5, 0.6) is 0 Å². The standard InChI is InChI=1S/C19H32N4/c1-16-9-13-23(14-10-16)12-6-11-21-19(20-3)22-15-18-8-5-4-7-17(18)2/h4-5,7-8,16H,6,9-15H2,1-3H3,(H2,20,21,22). The van der Waals surface area contributed by atoms with Crippen molar-refractivity contribution in [3.05, 3.63) is 35.4 Å². The third-order valence-electron chi connectivity index (χ3n) is 4.75. The Morgan fingerprint density at radius 3 is 2.65 bits per heavy atom. The van der Waals surface area contributed by atoms with Gasteiger partial charge in [-0.05, 0) is 62.9 Å². The van der Waals surface area contributed by atoms with Crippen molar-refractivity contribution >= 4 is 5.96 Å². The molecule has 0 unspecified atom stereocenters. The molecular formula is C19H32N4. The van der Waals surface area contributed by atoms with Crippen molar-refractivity contribution in [2.24, 2.45) is 10.9 Å². The molecule has 2 N–H and O–H groups in total. The fourth-order valence-corrected chi connectivity index (χ4v) is 3.00. The molecule has 128 valence electrons. The van der Waals surface area contributed by atoms with Gasteiger partial charge in [0.1, 0.15) is 0 Å². The normalized spacial score (nSPS) is 17.3. The lowest BCUT2D eigenvalue weighted by atomic mass is 9.99. The summed E-state index contributed by atoms with van der Waals surface area (Å²) in [6.45, 7) is 10.0. The zero-order valence-electron chi connectivity index (χ0n) is 14.9. The summed E-state index contributed by atoms with van der Waals surface area (Å²) >= 11 is 0. The van der Waals surface area contributed by atoms with E-state index in [1.165, 1.54) is 50.0 Å². The third kappa shape index (κ3) is 6.22. The van der Waals surface area contributed by atoms with Crippen molar-refractivity contribution in [3.63, 3.8) is 0 Å². The van der Waals surface area contributed by atoms with Crippen molar-refractivity contribution in [1.82, 2.24) is 15.5 Å². The lowest BCUT2D eigenvalue weighted by molar-refractivity contribution is 0.191. The molecule has 0 aromatic heterocycles. The second-order valence-electron chi connectivity index (χ2n) is 6.66. The lowest BCUT2D eigenvalue weighted by Crippen LogP contribution is -2.39. The molecule has 4 heteroatoms. The van der Waals surface area contributed by atoms with E-state index in [1.807, 2.05) is 7.05 Å². The first-order valence-electron chi connectivity index (χ1n) is 8.90. The minimum atomic E-state index is 0.816. The molecule has 1 saturated heterocycles. The number of guanidine groups is 1. The molecule has 0 saturated carbocycles. The minimum Gasteiger partial charge on any atom is -0.356 e. The fourth-order valence-electron chi connectivity index (χ4n) is 3.00. The minimum absolute atomic E-state index is 0.816. The maximum absolute atomic E-state index is 4.31. The Balaban J connectivity index is 1.62. The van der Waals surface area contributed by atoms with Gasteiger partial charge in [-0.2, -0.15) is 0 Å². The van der Waals surface area contributed by atoms with Gasteiger partial charge in [-0.15, -0.1) is 0 Å².